The van der Waals surface area contributed by atoms with E-state index < -0.39 is 21.4 Å². The highest BCUT2D eigenvalue weighted by atomic mass is 16.6. The predicted molar refractivity (Wildman–Crippen MR) is 57.3 cm³/mol. The van der Waals surface area contributed by atoms with Gasteiger partial charge < -0.3 is 10.1 Å². The summed E-state index contributed by atoms with van der Waals surface area (Å²) in [7, 11) is 0. The Bertz CT molecular complexity index is 578. The molecule has 0 saturated heterocycles. The smallest absolute Gasteiger partial charge is 0.358 e. The average molecular weight is 234 g/mol. The van der Waals surface area contributed by atoms with Gasteiger partial charge in [-0.05, 0) is 4.92 Å². The Morgan fingerprint density at radius 2 is 1.71 bits per heavy atom. The molecular formula is C9H6N4O4. The van der Waals surface area contributed by atoms with Crippen molar-refractivity contribution in [3.63, 3.8) is 0 Å². The average Bonchev–Trinajstić information content (AvgIpc) is 2.74. The van der Waals surface area contributed by atoms with Crippen molar-refractivity contribution in [1.82, 2.24) is 10.2 Å². The van der Waals surface area contributed by atoms with Crippen LogP contribution in [0, 0.1) is 20.2 Å². The van der Waals surface area contributed by atoms with Crippen molar-refractivity contribution in [2.24, 2.45) is 0 Å². The van der Waals surface area contributed by atoms with E-state index in [1.54, 1.807) is 30.3 Å². The summed E-state index contributed by atoms with van der Waals surface area (Å²) < 4.78 is 0. The van der Waals surface area contributed by atoms with E-state index in [4.69, 9.17) is 0 Å². The number of benzene rings is 1. The highest BCUT2D eigenvalue weighted by Gasteiger charge is 2.33. The summed E-state index contributed by atoms with van der Waals surface area (Å²) in [6.45, 7) is 0. The van der Waals surface area contributed by atoms with Crippen LogP contribution in [-0.4, -0.2) is 20.0 Å². The quantitative estimate of drug-likeness (QED) is 0.643. The second-order valence-corrected chi connectivity index (χ2v) is 3.15. The molecule has 2 rings (SSSR count). The Labute approximate surface area is 94.2 Å². The molecule has 8 heteroatoms. The van der Waals surface area contributed by atoms with Gasteiger partial charge in [-0.25, -0.2) is 0 Å². The molecule has 0 aliphatic carbocycles. The third-order valence-electron chi connectivity index (χ3n) is 2.13. The summed E-state index contributed by atoms with van der Waals surface area (Å²) in [6.07, 6.45) is 0. The van der Waals surface area contributed by atoms with Crippen molar-refractivity contribution < 1.29 is 9.85 Å². The number of H-pyrrole nitrogens is 1. The van der Waals surface area contributed by atoms with E-state index in [9.17, 15) is 20.2 Å². The topological polar surface area (TPSA) is 115 Å². The molecule has 2 aromatic rings. The first-order valence-corrected chi connectivity index (χ1v) is 4.54. The zero-order valence-corrected chi connectivity index (χ0v) is 8.36. The van der Waals surface area contributed by atoms with E-state index in [2.05, 4.69) is 10.2 Å². The number of nitrogens with one attached hydrogen (secondary N) is 1. The second-order valence-electron chi connectivity index (χ2n) is 3.15. The molecule has 86 valence electrons. The normalized spacial score (nSPS) is 10.1. The van der Waals surface area contributed by atoms with Gasteiger partial charge in [-0.3, -0.25) is 10.1 Å². The van der Waals surface area contributed by atoms with Gasteiger partial charge in [0.05, 0.1) is 4.92 Å². The zero-order valence-electron chi connectivity index (χ0n) is 8.36. The number of hydrogen-bond acceptors (Lipinski definition) is 5. The Morgan fingerprint density at radius 1 is 1.06 bits per heavy atom. The first kappa shape index (κ1) is 10.7. The van der Waals surface area contributed by atoms with Gasteiger partial charge in [0.1, 0.15) is 0 Å². The number of aromatic amines is 1. The van der Waals surface area contributed by atoms with Gasteiger partial charge >= 0.3 is 11.5 Å². The molecule has 1 aromatic carbocycles. The fourth-order valence-electron chi connectivity index (χ4n) is 1.42. The number of rotatable bonds is 3. The molecule has 0 fully saturated rings. The third-order valence-corrected chi connectivity index (χ3v) is 2.13. The Morgan fingerprint density at radius 3 is 2.24 bits per heavy atom. The van der Waals surface area contributed by atoms with Gasteiger partial charge in [0.15, 0.2) is 5.69 Å². The van der Waals surface area contributed by atoms with E-state index in [-0.39, 0.29) is 5.69 Å². The maximum Gasteiger partial charge on any atom is 0.422 e. The maximum absolute atomic E-state index is 10.8. The van der Waals surface area contributed by atoms with Crippen molar-refractivity contribution in [1.29, 1.82) is 0 Å². The fraction of sp³-hybridized carbons (Fsp3) is 0. The van der Waals surface area contributed by atoms with Gasteiger partial charge in [0.25, 0.3) is 0 Å². The first-order valence-electron chi connectivity index (χ1n) is 4.54. The van der Waals surface area contributed by atoms with Crippen LogP contribution in [0.5, 0.6) is 0 Å². The van der Waals surface area contributed by atoms with E-state index in [1.807, 2.05) is 0 Å². The van der Waals surface area contributed by atoms with Crippen molar-refractivity contribution in [3.05, 3.63) is 50.6 Å². The lowest BCUT2D eigenvalue weighted by Gasteiger charge is -1.94. The predicted octanol–water partition coefficient (Wildman–Crippen LogP) is 1.89. The summed E-state index contributed by atoms with van der Waals surface area (Å²) in [4.78, 5) is 19.7. The zero-order chi connectivity index (χ0) is 12.4. The van der Waals surface area contributed by atoms with Gasteiger partial charge in [-0.15, -0.1) is 5.10 Å². The molecule has 0 saturated carbocycles. The minimum Gasteiger partial charge on any atom is -0.358 e. The lowest BCUT2D eigenvalue weighted by molar-refractivity contribution is -0.424. The van der Waals surface area contributed by atoms with Gasteiger partial charge in [-0.1, -0.05) is 35.4 Å². The third kappa shape index (κ3) is 1.83. The Kier molecular flexibility index (Phi) is 2.53. The molecule has 8 nitrogen and oxygen atoms in total. The lowest BCUT2D eigenvalue weighted by atomic mass is 10.1. The highest BCUT2D eigenvalue weighted by Crippen LogP contribution is 2.34. The standard InChI is InChI=1S/C9H6N4O4/c14-12(15)8-7(6-4-2-1-3-5-6)10-11-9(8)13(16)17/h1-5H,(H,10,11). The molecule has 0 unspecified atom stereocenters. The molecule has 17 heavy (non-hydrogen) atoms. The van der Waals surface area contributed by atoms with Crippen molar-refractivity contribution in [2.45, 2.75) is 0 Å². The van der Waals surface area contributed by atoms with Crippen molar-refractivity contribution in [2.75, 3.05) is 0 Å². The number of hydrogen-bond donors (Lipinski definition) is 1. The fourth-order valence-corrected chi connectivity index (χ4v) is 1.42. The van der Waals surface area contributed by atoms with Crippen LogP contribution in [0.15, 0.2) is 30.3 Å². The summed E-state index contributed by atoms with van der Waals surface area (Å²) >= 11 is 0. The first-order chi connectivity index (χ1) is 8.11. The van der Waals surface area contributed by atoms with Crippen molar-refractivity contribution >= 4 is 11.5 Å². The molecule has 0 aliphatic rings. The monoisotopic (exact) mass is 234 g/mol. The summed E-state index contributed by atoms with van der Waals surface area (Å²) in [6, 6.07) is 8.25. The van der Waals surface area contributed by atoms with Crippen LogP contribution in [0.25, 0.3) is 11.3 Å². The van der Waals surface area contributed by atoms with Gasteiger partial charge in [-0.2, -0.15) is 0 Å². The molecule has 0 spiro atoms. The van der Waals surface area contributed by atoms with Gasteiger partial charge in [0, 0.05) is 5.56 Å². The molecule has 0 bridgehead atoms. The molecule has 0 atom stereocenters. The van der Waals surface area contributed by atoms with Crippen LogP contribution in [0.2, 0.25) is 0 Å². The highest BCUT2D eigenvalue weighted by molar-refractivity contribution is 5.74. The molecule has 1 aromatic heterocycles. The number of nitro groups is 2. The molecule has 0 aliphatic heterocycles. The second kappa shape index (κ2) is 4.00. The SMILES string of the molecule is O=[N+]([O-])c1[nH]nc(-c2ccccc2)c1[N+](=O)[O-]. The Balaban J connectivity index is 2.64. The molecule has 1 N–H and O–H groups in total. The van der Waals surface area contributed by atoms with Crippen LogP contribution in [-0.2, 0) is 0 Å². The van der Waals surface area contributed by atoms with Crippen LogP contribution in [0.3, 0.4) is 0 Å². The van der Waals surface area contributed by atoms with Crippen molar-refractivity contribution in [3.8, 4) is 11.3 Å². The maximum atomic E-state index is 10.8. The summed E-state index contributed by atoms with van der Waals surface area (Å²) in [5.41, 5.74) is -0.216. The Hall–Kier alpha value is -2.77. The number of aromatic nitrogens is 2. The molecule has 1 heterocycles. The molecule has 0 radical (unpaired) electrons. The molecule has 0 amide bonds. The van der Waals surface area contributed by atoms with Crippen LogP contribution < -0.4 is 0 Å². The van der Waals surface area contributed by atoms with E-state index in [0.29, 0.717) is 5.56 Å². The van der Waals surface area contributed by atoms with Crippen LogP contribution in [0.1, 0.15) is 0 Å². The minimum atomic E-state index is -0.864. The molecular weight excluding hydrogens is 228 g/mol. The van der Waals surface area contributed by atoms with E-state index in [1.165, 1.54) is 0 Å². The van der Waals surface area contributed by atoms with Crippen LogP contribution >= 0.6 is 0 Å². The summed E-state index contributed by atoms with van der Waals surface area (Å²) in [5, 5.41) is 27.1. The van der Waals surface area contributed by atoms with Crippen LogP contribution in [0.4, 0.5) is 11.5 Å². The lowest BCUT2D eigenvalue weighted by Crippen LogP contribution is -1.95. The number of nitrogens with zero attached hydrogens (tertiary/aromatic N) is 3. The van der Waals surface area contributed by atoms with E-state index in [0.717, 1.165) is 0 Å². The van der Waals surface area contributed by atoms with Gasteiger partial charge in [0.2, 0.25) is 0 Å². The minimum absolute atomic E-state index is 0.0395. The largest absolute Gasteiger partial charge is 0.422 e. The summed E-state index contributed by atoms with van der Waals surface area (Å²) in [5.74, 6) is -0.714. The van der Waals surface area contributed by atoms with E-state index >= 15 is 0 Å².